The Balaban J connectivity index is 3.00. The monoisotopic (exact) mass is 272 g/mol. The minimum atomic E-state index is -0.366. The third-order valence-corrected chi connectivity index (χ3v) is 2.46. The summed E-state index contributed by atoms with van der Waals surface area (Å²) in [6.45, 7) is 2.39. The molecule has 0 aliphatic heterocycles. The van der Waals surface area contributed by atoms with Crippen molar-refractivity contribution in [3.8, 4) is 6.07 Å². The molecule has 0 saturated carbocycles. The summed E-state index contributed by atoms with van der Waals surface area (Å²) in [4.78, 5) is 13.4. The smallest absolute Gasteiger partial charge is 0.258 e. The zero-order chi connectivity index (χ0) is 12.8. The van der Waals surface area contributed by atoms with Crippen molar-refractivity contribution < 1.29 is 4.79 Å². The van der Waals surface area contributed by atoms with E-state index in [9.17, 15) is 4.79 Å². The number of carbonyl (C=O) groups is 1. The molecule has 0 radical (unpaired) electrons. The van der Waals surface area contributed by atoms with E-state index < -0.39 is 0 Å². The molecular formula is C10H10Cl2N4O. The van der Waals surface area contributed by atoms with Crippen LogP contribution < -0.4 is 0 Å². The molecule has 5 nitrogen and oxygen atoms in total. The lowest BCUT2D eigenvalue weighted by Crippen LogP contribution is -2.32. The maximum Gasteiger partial charge on any atom is 0.258 e. The second kappa shape index (κ2) is 6.38. The molecule has 17 heavy (non-hydrogen) atoms. The minimum Gasteiger partial charge on any atom is -0.325 e. The summed E-state index contributed by atoms with van der Waals surface area (Å²) >= 11 is 11.4. The average Bonchev–Trinajstić information content (AvgIpc) is 2.31. The van der Waals surface area contributed by atoms with Gasteiger partial charge in [-0.15, -0.1) is 10.2 Å². The average molecular weight is 273 g/mol. The molecule has 90 valence electrons. The molecule has 1 heterocycles. The molecule has 0 atom stereocenters. The van der Waals surface area contributed by atoms with Gasteiger partial charge in [0, 0.05) is 6.54 Å². The lowest BCUT2D eigenvalue weighted by molar-refractivity contribution is 0.0775. The molecule has 0 aliphatic carbocycles. The lowest BCUT2D eigenvalue weighted by atomic mass is 10.2. The summed E-state index contributed by atoms with van der Waals surface area (Å²) < 4.78 is 0. The zero-order valence-corrected chi connectivity index (χ0v) is 10.7. The predicted molar refractivity (Wildman–Crippen MR) is 63.9 cm³/mol. The van der Waals surface area contributed by atoms with Crippen LogP contribution in [0.3, 0.4) is 0 Å². The molecule has 0 fully saturated rings. The SMILES string of the molecule is CCCN(CC#N)C(=O)c1cc(Cl)nnc1Cl. The fourth-order valence-corrected chi connectivity index (χ4v) is 1.60. The van der Waals surface area contributed by atoms with E-state index in [4.69, 9.17) is 28.5 Å². The van der Waals surface area contributed by atoms with Gasteiger partial charge in [-0.3, -0.25) is 4.79 Å². The van der Waals surface area contributed by atoms with Gasteiger partial charge < -0.3 is 4.90 Å². The summed E-state index contributed by atoms with van der Waals surface area (Å²) in [5.74, 6) is -0.366. The van der Waals surface area contributed by atoms with Crippen LogP contribution >= 0.6 is 23.2 Å². The van der Waals surface area contributed by atoms with Gasteiger partial charge in [-0.1, -0.05) is 30.1 Å². The van der Waals surface area contributed by atoms with Crippen molar-refractivity contribution in [3.05, 3.63) is 21.9 Å². The quantitative estimate of drug-likeness (QED) is 0.788. The first-order chi connectivity index (χ1) is 8.10. The second-order valence-corrected chi connectivity index (χ2v) is 4.00. The number of amides is 1. The van der Waals surface area contributed by atoms with Crippen molar-refractivity contribution in [2.45, 2.75) is 13.3 Å². The number of aromatic nitrogens is 2. The number of halogens is 2. The fourth-order valence-electron chi connectivity index (χ4n) is 1.28. The van der Waals surface area contributed by atoms with Crippen LogP contribution in [0.15, 0.2) is 6.07 Å². The molecule has 0 N–H and O–H groups in total. The van der Waals surface area contributed by atoms with Crippen LogP contribution in [0.4, 0.5) is 0 Å². The van der Waals surface area contributed by atoms with E-state index in [1.54, 1.807) is 0 Å². The number of nitriles is 1. The third-order valence-electron chi connectivity index (χ3n) is 1.99. The molecule has 1 rings (SSSR count). The minimum absolute atomic E-state index is 0.00292. The highest BCUT2D eigenvalue weighted by Gasteiger charge is 2.19. The highest BCUT2D eigenvalue weighted by Crippen LogP contribution is 2.17. The highest BCUT2D eigenvalue weighted by atomic mass is 35.5. The van der Waals surface area contributed by atoms with Gasteiger partial charge in [-0.05, 0) is 12.5 Å². The van der Waals surface area contributed by atoms with Crippen LogP contribution in [-0.2, 0) is 0 Å². The molecule has 0 bridgehead atoms. The van der Waals surface area contributed by atoms with Gasteiger partial charge in [0.2, 0.25) is 0 Å². The molecule has 7 heteroatoms. The van der Waals surface area contributed by atoms with Crippen LogP contribution in [0.5, 0.6) is 0 Å². The van der Waals surface area contributed by atoms with Gasteiger partial charge >= 0.3 is 0 Å². The molecule has 0 aliphatic rings. The topological polar surface area (TPSA) is 69.9 Å². The maximum absolute atomic E-state index is 12.1. The first-order valence-electron chi connectivity index (χ1n) is 4.95. The van der Waals surface area contributed by atoms with Crippen LogP contribution in [0.1, 0.15) is 23.7 Å². The first kappa shape index (κ1) is 13.7. The Hall–Kier alpha value is -1.38. The standard InChI is InChI=1S/C10H10Cl2N4O/c1-2-4-16(5-3-13)10(17)7-6-8(11)14-15-9(7)12/h6H,2,4-5H2,1H3. The summed E-state index contributed by atoms with van der Waals surface area (Å²) in [6, 6.07) is 3.28. The van der Waals surface area contributed by atoms with E-state index in [1.807, 2.05) is 13.0 Å². The molecule has 0 unspecified atom stereocenters. The van der Waals surface area contributed by atoms with Crippen molar-refractivity contribution in [1.82, 2.24) is 15.1 Å². The van der Waals surface area contributed by atoms with Gasteiger partial charge in [-0.2, -0.15) is 5.26 Å². The molecule has 0 aromatic carbocycles. The van der Waals surface area contributed by atoms with E-state index in [1.165, 1.54) is 11.0 Å². The van der Waals surface area contributed by atoms with E-state index in [0.29, 0.717) is 6.54 Å². The van der Waals surface area contributed by atoms with E-state index in [2.05, 4.69) is 10.2 Å². The highest BCUT2D eigenvalue weighted by molar-refractivity contribution is 6.34. The second-order valence-electron chi connectivity index (χ2n) is 3.26. The normalized spacial score (nSPS) is 9.76. The Morgan fingerprint density at radius 1 is 1.53 bits per heavy atom. The molecular weight excluding hydrogens is 263 g/mol. The van der Waals surface area contributed by atoms with Gasteiger partial charge in [-0.25, -0.2) is 0 Å². The third kappa shape index (κ3) is 3.55. The zero-order valence-electron chi connectivity index (χ0n) is 9.15. The molecule has 0 spiro atoms. The molecule has 1 amide bonds. The Labute approximate surface area is 109 Å². The molecule has 1 aromatic rings. The Morgan fingerprint density at radius 3 is 2.82 bits per heavy atom. The largest absolute Gasteiger partial charge is 0.325 e. The number of carbonyl (C=O) groups excluding carboxylic acids is 1. The van der Waals surface area contributed by atoms with Crippen molar-refractivity contribution >= 4 is 29.1 Å². The molecule has 0 saturated heterocycles. The first-order valence-corrected chi connectivity index (χ1v) is 5.70. The summed E-state index contributed by atoms with van der Waals surface area (Å²) in [5, 5.41) is 15.8. The van der Waals surface area contributed by atoms with Crippen molar-refractivity contribution in [2.75, 3.05) is 13.1 Å². The number of hydrogen-bond donors (Lipinski definition) is 0. The van der Waals surface area contributed by atoms with E-state index >= 15 is 0 Å². The Kier molecular flexibility index (Phi) is 5.13. The van der Waals surface area contributed by atoms with Gasteiger partial charge in [0.05, 0.1) is 11.6 Å². The van der Waals surface area contributed by atoms with Crippen molar-refractivity contribution in [2.24, 2.45) is 0 Å². The summed E-state index contributed by atoms with van der Waals surface area (Å²) in [7, 11) is 0. The van der Waals surface area contributed by atoms with Crippen molar-refractivity contribution in [1.29, 1.82) is 5.26 Å². The number of nitrogens with zero attached hydrogens (tertiary/aromatic N) is 4. The van der Waals surface area contributed by atoms with Crippen LogP contribution in [0.25, 0.3) is 0 Å². The Bertz CT molecular complexity index is 458. The lowest BCUT2D eigenvalue weighted by Gasteiger charge is -2.18. The van der Waals surface area contributed by atoms with Gasteiger partial charge in [0.25, 0.3) is 5.91 Å². The summed E-state index contributed by atoms with van der Waals surface area (Å²) in [6.07, 6.45) is 0.747. The van der Waals surface area contributed by atoms with Crippen LogP contribution in [0.2, 0.25) is 10.3 Å². The maximum atomic E-state index is 12.1. The predicted octanol–water partition coefficient (Wildman–Crippen LogP) is 2.16. The van der Waals surface area contributed by atoms with Crippen LogP contribution in [0, 0.1) is 11.3 Å². The summed E-state index contributed by atoms with van der Waals surface area (Å²) in [5.41, 5.74) is 0.162. The Morgan fingerprint density at radius 2 is 2.24 bits per heavy atom. The number of hydrogen-bond acceptors (Lipinski definition) is 4. The fraction of sp³-hybridized carbons (Fsp3) is 0.400. The van der Waals surface area contributed by atoms with E-state index in [-0.39, 0.29) is 28.3 Å². The van der Waals surface area contributed by atoms with Crippen molar-refractivity contribution in [3.63, 3.8) is 0 Å². The number of rotatable bonds is 4. The molecule has 1 aromatic heterocycles. The van der Waals surface area contributed by atoms with Crippen LogP contribution in [-0.4, -0.2) is 34.1 Å². The van der Waals surface area contributed by atoms with Gasteiger partial charge in [0.15, 0.2) is 10.3 Å². The van der Waals surface area contributed by atoms with Gasteiger partial charge in [0.1, 0.15) is 6.54 Å². The van der Waals surface area contributed by atoms with E-state index in [0.717, 1.165) is 6.42 Å².